The number of carbonyl (C=O) groups is 1. The molecule has 1 N–H and O–H groups in total. The second kappa shape index (κ2) is 5.19. The molecule has 0 aliphatic carbocycles. The maximum absolute atomic E-state index is 12.2. The third kappa shape index (κ3) is 3.17. The van der Waals surface area contributed by atoms with E-state index >= 15 is 0 Å². The lowest BCUT2D eigenvalue weighted by Crippen LogP contribution is -2.47. The number of rotatable bonds is 3. The van der Waals surface area contributed by atoms with Gasteiger partial charge in [0, 0.05) is 5.38 Å². The molecule has 1 atom stereocenters. The number of carbonyl (C=O) groups excluding carboxylic acids is 1. The van der Waals surface area contributed by atoms with Gasteiger partial charge in [-0.3, -0.25) is 4.79 Å². The van der Waals surface area contributed by atoms with Crippen molar-refractivity contribution in [1.82, 2.24) is 10.3 Å². The fraction of sp³-hybridized carbons (Fsp3) is 0.385. The van der Waals surface area contributed by atoms with Gasteiger partial charge in [0.15, 0.2) is 9.84 Å². The number of sulfone groups is 1. The molecule has 0 saturated carbocycles. The van der Waals surface area contributed by atoms with Crippen LogP contribution in [0.4, 0.5) is 0 Å². The first kappa shape index (κ1) is 14.7. The normalized spacial score (nSPS) is 24.0. The van der Waals surface area contributed by atoms with Crippen LogP contribution in [-0.2, 0) is 9.84 Å². The maximum Gasteiger partial charge on any atom is 0.271 e. The van der Waals surface area contributed by atoms with Gasteiger partial charge in [-0.25, -0.2) is 13.4 Å². The van der Waals surface area contributed by atoms with Crippen LogP contribution in [0.15, 0.2) is 22.9 Å². The fourth-order valence-electron chi connectivity index (χ4n) is 2.34. The lowest BCUT2D eigenvalue weighted by molar-refractivity contribution is 0.0911. The summed E-state index contributed by atoms with van der Waals surface area (Å²) >= 11 is 2.98. The van der Waals surface area contributed by atoms with Crippen LogP contribution in [0.25, 0.3) is 9.88 Å². The second-order valence-corrected chi connectivity index (χ2v) is 9.36. The van der Waals surface area contributed by atoms with E-state index in [2.05, 4.69) is 10.3 Å². The summed E-state index contributed by atoms with van der Waals surface area (Å²) in [7, 11) is -3.04. The van der Waals surface area contributed by atoms with Gasteiger partial charge in [-0.15, -0.1) is 22.7 Å². The largest absolute Gasteiger partial charge is 0.344 e. The van der Waals surface area contributed by atoms with E-state index < -0.39 is 15.4 Å². The third-order valence-electron chi connectivity index (χ3n) is 3.39. The minimum Gasteiger partial charge on any atom is -0.344 e. The van der Waals surface area contributed by atoms with Gasteiger partial charge >= 0.3 is 0 Å². The molecule has 21 heavy (non-hydrogen) atoms. The molecule has 2 aromatic heterocycles. The summed E-state index contributed by atoms with van der Waals surface area (Å²) in [4.78, 5) is 17.6. The molecule has 1 saturated heterocycles. The van der Waals surface area contributed by atoms with Crippen LogP contribution in [0, 0.1) is 0 Å². The van der Waals surface area contributed by atoms with E-state index in [9.17, 15) is 13.2 Å². The topological polar surface area (TPSA) is 76.1 Å². The highest BCUT2D eigenvalue weighted by molar-refractivity contribution is 7.91. The summed E-state index contributed by atoms with van der Waals surface area (Å²) in [5.41, 5.74) is -0.350. The standard InChI is InChI=1S/C13H14N2O3S3/c1-13(4-6-21(17,18)8-13)15-11(16)9-7-20-12(14-9)10-3-2-5-19-10/h2-3,5,7H,4,6,8H2,1H3,(H,15,16). The van der Waals surface area contributed by atoms with Gasteiger partial charge in [0.05, 0.1) is 21.9 Å². The highest BCUT2D eigenvalue weighted by Crippen LogP contribution is 2.28. The van der Waals surface area contributed by atoms with Crippen LogP contribution in [0.2, 0.25) is 0 Å². The molecule has 2 aromatic rings. The minimum atomic E-state index is -3.04. The van der Waals surface area contributed by atoms with E-state index in [-0.39, 0.29) is 17.4 Å². The van der Waals surface area contributed by atoms with Gasteiger partial charge in [-0.2, -0.15) is 0 Å². The lowest BCUT2D eigenvalue weighted by Gasteiger charge is -2.23. The quantitative estimate of drug-likeness (QED) is 0.927. The molecule has 112 valence electrons. The summed E-state index contributed by atoms with van der Waals surface area (Å²) in [6, 6.07) is 3.89. The summed E-state index contributed by atoms with van der Waals surface area (Å²) in [6.45, 7) is 1.77. The Hall–Kier alpha value is -1.25. The van der Waals surface area contributed by atoms with E-state index in [1.165, 1.54) is 11.3 Å². The summed E-state index contributed by atoms with van der Waals surface area (Å²) < 4.78 is 23.1. The molecule has 1 fully saturated rings. The predicted molar refractivity (Wildman–Crippen MR) is 84.6 cm³/mol. The highest BCUT2D eigenvalue weighted by Gasteiger charge is 2.39. The molecular formula is C13H14N2O3S3. The molecule has 1 aliphatic heterocycles. The van der Waals surface area contributed by atoms with Crippen molar-refractivity contribution < 1.29 is 13.2 Å². The van der Waals surface area contributed by atoms with Crippen LogP contribution < -0.4 is 5.32 Å². The zero-order chi connectivity index (χ0) is 15.1. The van der Waals surface area contributed by atoms with Crippen molar-refractivity contribution in [2.45, 2.75) is 18.9 Å². The first-order valence-corrected chi connectivity index (χ1v) is 9.97. The smallest absolute Gasteiger partial charge is 0.271 e. The summed E-state index contributed by atoms with van der Waals surface area (Å²) in [5.74, 6) is -0.191. The van der Waals surface area contributed by atoms with Crippen LogP contribution in [0.1, 0.15) is 23.8 Å². The molecule has 0 spiro atoms. The Kier molecular flexibility index (Phi) is 3.62. The number of thiophene rings is 1. The number of aromatic nitrogens is 1. The average Bonchev–Trinajstić information content (AvgIpc) is 3.09. The molecule has 1 amide bonds. The van der Waals surface area contributed by atoms with Crippen LogP contribution in [0.3, 0.4) is 0 Å². The number of amides is 1. The Balaban J connectivity index is 1.75. The molecule has 3 rings (SSSR count). The summed E-state index contributed by atoms with van der Waals surface area (Å²) in [5, 5.41) is 7.28. The predicted octanol–water partition coefficient (Wildman–Crippen LogP) is 2.18. The molecule has 5 nitrogen and oxygen atoms in total. The van der Waals surface area contributed by atoms with E-state index in [0.717, 1.165) is 9.88 Å². The Labute approximate surface area is 131 Å². The van der Waals surface area contributed by atoms with Gasteiger partial charge in [-0.05, 0) is 24.8 Å². The van der Waals surface area contributed by atoms with Crippen molar-refractivity contribution in [3.05, 3.63) is 28.6 Å². The molecule has 8 heteroatoms. The van der Waals surface area contributed by atoms with Gasteiger partial charge in [-0.1, -0.05) is 6.07 Å². The van der Waals surface area contributed by atoms with Crippen LogP contribution >= 0.6 is 22.7 Å². The number of hydrogen-bond acceptors (Lipinski definition) is 6. The zero-order valence-electron chi connectivity index (χ0n) is 11.3. The Morgan fingerprint density at radius 1 is 1.43 bits per heavy atom. The van der Waals surface area contributed by atoms with Crippen molar-refractivity contribution in [3.63, 3.8) is 0 Å². The van der Waals surface area contributed by atoms with Gasteiger partial charge in [0.1, 0.15) is 10.7 Å². The SMILES string of the molecule is CC1(NC(=O)c2csc(-c3cccs3)n2)CCS(=O)(=O)C1. The molecule has 1 aliphatic rings. The Morgan fingerprint density at radius 3 is 2.86 bits per heavy atom. The Morgan fingerprint density at radius 2 is 2.24 bits per heavy atom. The summed E-state index contributed by atoms with van der Waals surface area (Å²) in [6.07, 6.45) is 0.447. The molecule has 0 radical (unpaired) electrons. The Bertz CT molecular complexity index is 764. The molecule has 0 bridgehead atoms. The highest BCUT2D eigenvalue weighted by atomic mass is 32.2. The maximum atomic E-state index is 12.2. The van der Waals surface area contributed by atoms with Crippen molar-refractivity contribution in [3.8, 4) is 9.88 Å². The van der Waals surface area contributed by atoms with Gasteiger partial charge in [0.2, 0.25) is 0 Å². The number of nitrogens with zero attached hydrogens (tertiary/aromatic N) is 1. The number of thiazole rings is 1. The average molecular weight is 342 g/mol. The number of hydrogen-bond donors (Lipinski definition) is 1. The van der Waals surface area contributed by atoms with E-state index in [4.69, 9.17) is 0 Å². The van der Waals surface area contributed by atoms with Gasteiger partial charge < -0.3 is 5.32 Å². The molecule has 0 aromatic carbocycles. The van der Waals surface area contributed by atoms with Crippen molar-refractivity contribution in [1.29, 1.82) is 0 Å². The van der Waals surface area contributed by atoms with E-state index in [1.54, 1.807) is 23.6 Å². The van der Waals surface area contributed by atoms with Crippen molar-refractivity contribution in [2.24, 2.45) is 0 Å². The zero-order valence-corrected chi connectivity index (χ0v) is 13.8. The second-order valence-electron chi connectivity index (χ2n) is 5.37. The minimum absolute atomic E-state index is 0.00629. The van der Waals surface area contributed by atoms with E-state index in [1.807, 2.05) is 17.5 Å². The monoisotopic (exact) mass is 342 g/mol. The molecule has 3 heterocycles. The van der Waals surface area contributed by atoms with E-state index in [0.29, 0.717) is 12.1 Å². The lowest BCUT2D eigenvalue weighted by atomic mass is 10.0. The van der Waals surface area contributed by atoms with Crippen LogP contribution in [0.5, 0.6) is 0 Å². The number of nitrogens with one attached hydrogen (secondary N) is 1. The van der Waals surface area contributed by atoms with Crippen molar-refractivity contribution in [2.75, 3.05) is 11.5 Å². The van der Waals surface area contributed by atoms with Crippen LogP contribution in [-0.4, -0.2) is 36.4 Å². The first-order chi connectivity index (χ1) is 9.87. The molecular weight excluding hydrogens is 328 g/mol. The van der Waals surface area contributed by atoms with Crippen molar-refractivity contribution >= 4 is 38.4 Å². The first-order valence-electron chi connectivity index (χ1n) is 6.39. The molecule has 1 unspecified atom stereocenters. The fourth-order valence-corrected chi connectivity index (χ4v) is 6.05. The third-order valence-corrected chi connectivity index (χ3v) is 7.17. The van der Waals surface area contributed by atoms with Gasteiger partial charge in [0.25, 0.3) is 5.91 Å².